The zero-order valence-electron chi connectivity index (χ0n) is 14.9. The number of H-pyrrole nitrogens is 1. The van der Waals surface area contributed by atoms with Crippen LogP contribution in [0.15, 0.2) is 53.1 Å². The van der Waals surface area contributed by atoms with Gasteiger partial charge in [-0.2, -0.15) is 5.10 Å². The molecule has 27 heavy (non-hydrogen) atoms. The van der Waals surface area contributed by atoms with Crippen molar-refractivity contribution in [3.63, 3.8) is 0 Å². The number of nitrogens with one attached hydrogen (secondary N) is 2. The number of amides is 1. The van der Waals surface area contributed by atoms with Crippen LogP contribution >= 0.6 is 15.9 Å². The van der Waals surface area contributed by atoms with Gasteiger partial charge in [-0.15, -0.1) is 0 Å². The number of rotatable bonds is 5. The zero-order chi connectivity index (χ0) is 18.8. The first-order valence-corrected chi connectivity index (χ1v) is 9.86. The molecule has 3 aromatic rings. The van der Waals surface area contributed by atoms with Crippen LogP contribution in [0.5, 0.6) is 0 Å². The molecule has 0 aliphatic carbocycles. The van der Waals surface area contributed by atoms with Crippen molar-refractivity contribution in [1.82, 2.24) is 15.1 Å². The Morgan fingerprint density at radius 2 is 2.15 bits per heavy atom. The lowest BCUT2D eigenvalue weighted by Crippen LogP contribution is -2.44. The first-order valence-electron chi connectivity index (χ1n) is 9.07. The van der Waals surface area contributed by atoms with Crippen LogP contribution in [-0.4, -0.2) is 46.2 Å². The summed E-state index contributed by atoms with van der Waals surface area (Å²) in [6.07, 6.45) is 3.28. The van der Waals surface area contributed by atoms with Gasteiger partial charge >= 0.3 is 0 Å². The predicted octanol–water partition coefficient (Wildman–Crippen LogP) is 2.91. The van der Waals surface area contributed by atoms with E-state index in [4.69, 9.17) is 5.73 Å². The van der Waals surface area contributed by atoms with Gasteiger partial charge in [0, 0.05) is 34.7 Å². The number of aromatic amines is 1. The highest BCUT2D eigenvalue weighted by atomic mass is 79.9. The Morgan fingerprint density at radius 3 is 2.96 bits per heavy atom. The number of likely N-dealkylation sites (tertiary alicyclic amines) is 1. The quantitative estimate of drug-likeness (QED) is 0.583. The van der Waals surface area contributed by atoms with Crippen LogP contribution in [0.3, 0.4) is 0 Å². The summed E-state index contributed by atoms with van der Waals surface area (Å²) in [5.74, 6) is 0.0208. The van der Waals surface area contributed by atoms with E-state index in [1.165, 1.54) is 0 Å². The Labute approximate surface area is 166 Å². The number of carbonyl (C=O) groups excluding carboxylic acids is 1. The molecule has 1 aromatic heterocycles. The standard InChI is InChI=1S/C20H22BrN5O/c21-15-3-1-13(2-4-15)9-18(22)20(27)26-8-7-17(12-26)24-16-5-6-19-14(10-16)11-23-25-19/h1-6,10-11,17-18,24H,7-9,12,22H2,(H,23,25)/t17?,18-/m0/s1. The Balaban J connectivity index is 1.33. The summed E-state index contributed by atoms with van der Waals surface area (Å²) in [5.41, 5.74) is 9.31. The maximum Gasteiger partial charge on any atom is 0.239 e. The van der Waals surface area contributed by atoms with Gasteiger partial charge in [-0.3, -0.25) is 9.89 Å². The van der Waals surface area contributed by atoms with Crippen LogP contribution in [0.25, 0.3) is 10.9 Å². The highest BCUT2D eigenvalue weighted by Crippen LogP contribution is 2.21. The number of nitrogens with two attached hydrogens (primary N) is 1. The normalized spacial score (nSPS) is 18.0. The maximum atomic E-state index is 12.7. The van der Waals surface area contributed by atoms with Crippen LogP contribution in [0.2, 0.25) is 0 Å². The maximum absolute atomic E-state index is 12.7. The van der Waals surface area contributed by atoms with Gasteiger partial charge in [0.25, 0.3) is 0 Å². The molecule has 1 unspecified atom stereocenters. The predicted molar refractivity (Wildman–Crippen MR) is 111 cm³/mol. The number of anilines is 1. The van der Waals surface area contributed by atoms with E-state index in [0.29, 0.717) is 13.0 Å². The topological polar surface area (TPSA) is 87.0 Å². The van der Waals surface area contributed by atoms with Crippen LogP contribution in [0, 0.1) is 0 Å². The van der Waals surface area contributed by atoms with Crippen molar-refractivity contribution in [2.24, 2.45) is 5.73 Å². The molecule has 2 aromatic carbocycles. The van der Waals surface area contributed by atoms with E-state index in [9.17, 15) is 4.79 Å². The smallest absolute Gasteiger partial charge is 0.239 e. The Kier molecular flexibility index (Phi) is 5.13. The third-order valence-electron chi connectivity index (χ3n) is 5.00. The van der Waals surface area contributed by atoms with Crippen molar-refractivity contribution in [2.75, 3.05) is 18.4 Å². The second kappa shape index (κ2) is 7.70. The molecular formula is C20H22BrN5O. The molecule has 1 aliphatic heterocycles. The number of carbonyl (C=O) groups is 1. The monoisotopic (exact) mass is 427 g/mol. The Bertz CT molecular complexity index is 939. The van der Waals surface area contributed by atoms with Crippen molar-refractivity contribution in [3.05, 3.63) is 58.7 Å². The van der Waals surface area contributed by atoms with Crippen molar-refractivity contribution in [3.8, 4) is 0 Å². The van der Waals surface area contributed by atoms with Gasteiger partial charge in [-0.25, -0.2) is 0 Å². The fraction of sp³-hybridized carbons (Fsp3) is 0.300. The second-order valence-corrected chi connectivity index (χ2v) is 7.94. The fourth-order valence-corrected chi connectivity index (χ4v) is 3.81. The van der Waals surface area contributed by atoms with Crippen LogP contribution in [0.1, 0.15) is 12.0 Å². The van der Waals surface area contributed by atoms with Gasteiger partial charge < -0.3 is 16.0 Å². The lowest BCUT2D eigenvalue weighted by atomic mass is 10.1. The SMILES string of the molecule is N[C@@H](Cc1ccc(Br)cc1)C(=O)N1CCC(Nc2ccc3[nH]ncc3c2)C1. The molecule has 0 radical (unpaired) electrons. The molecular weight excluding hydrogens is 406 g/mol. The van der Waals surface area contributed by atoms with E-state index >= 15 is 0 Å². The minimum atomic E-state index is -0.507. The van der Waals surface area contributed by atoms with Gasteiger partial charge in [-0.1, -0.05) is 28.1 Å². The number of benzene rings is 2. The van der Waals surface area contributed by atoms with Crippen molar-refractivity contribution in [1.29, 1.82) is 0 Å². The number of fused-ring (bicyclic) bond motifs is 1. The van der Waals surface area contributed by atoms with Gasteiger partial charge in [0.05, 0.1) is 17.8 Å². The number of hydrogen-bond acceptors (Lipinski definition) is 4. The minimum absolute atomic E-state index is 0.0208. The third-order valence-corrected chi connectivity index (χ3v) is 5.53. The molecule has 0 spiro atoms. The van der Waals surface area contributed by atoms with Crippen LogP contribution in [-0.2, 0) is 11.2 Å². The van der Waals surface area contributed by atoms with E-state index in [1.54, 1.807) is 0 Å². The molecule has 2 heterocycles. The zero-order valence-corrected chi connectivity index (χ0v) is 16.4. The summed E-state index contributed by atoms with van der Waals surface area (Å²) < 4.78 is 1.02. The van der Waals surface area contributed by atoms with Crippen molar-refractivity contribution >= 4 is 38.4 Å². The van der Waals surface area contributed by atoms with Crippen LogP contribution < -0.4 is 11.1 Å². The van der Waals surface area contributed by atoms with E-state index in [0.717, 1.165) is 39.6 Å². The highest BCUT2D eigenvalue weighted by molar-refractivity contribution is 9.10. The molecule has 1 fully saturated rings. The summed E-state index contributed by atoms with van der Waals surface area (Å²) >= 11 is 3.42. The number of hydrogen-bond donors (Lipinski definition) is 3. The van der Waals surface area contributed by atoms with E-state index in [1.807, 2.05) is 47.5 Å². The van der Waals surface area contributed by atoms with Crippen molar-refractivity contribution in [2.45, 2.75) is 24.9 Å². The summed E-state index contributed by atoms with van der Waals surface area (Å²) in [6.45, 7) is 1.41. The molecule has 4 rings (SSSR count). The molecule has 2 atom stereocenters. The summed E-state index contributed by atoms with van der Waals surface area (Å²) in [6, 6.07) is 13.8. The number of aromatic nitrogens is 2. The lowest BCUT2D eigenvalue weighted by molar-refractivity contribution is -0.131. The Morgan fingerprint density at radius 1 is 1.33 bits per heavy atom. The third kappa shape index (κ3) is 4.14. The molecule has 6 nitrogen and oxygen atoms in total. The van der Waals surface area contributed by atoms with E-state index < -0.39 is 6.04 Å². The van der Waals surface area contributed by atoms with Gasteiger partial charge in [0.1, 0.15) is 0 Å². The lowest BCUT2D eigenvalue weighted by Gasteiger charge is -2.21. The number of halogens is 1. The van der Waals surface area contributed by atoms with Gasteiger partial charge in [0.15, 0.2) is 0 Å². The molecule has 0 saturated carbocycles. The average molecular weight is 428 g/mol. The second-order valence-electron chi connectivity index (χ2n) is 7.02. The summed E-state index contributed by atoms with van der Waals surface area (Å²) in [7, 11) is 0. The van der Waals surface area contributed by atoms with E-state index in [-0.39, 0.29) is 11.9 Å². The molecule has 1 amide bonds. The average Bonchev–Trinajstić information content (AvgIpc) is 3.32. The van der Waals surface area contributed by atoms with Crippen LogP contribution in [0.4, 0.5) is 5.69 Å². The first kappa shape index (κ1) is 18.0. The molecule has 7 heteroatoms. The van der Waals surface area contributed by atoms with Gasteiger partial charge in [-0.05, 0) is 48.7 Å². The highest BCUT2D eigenvalue weighted by Gasteiger charge is 2.29. The molecule has 0 bridgehead atoms. The van der Waals surface area contributed by atoms with Gasteiger partial charge in [0.2, 0.25) is 5.91 Å². The largest absolute Gasteiger partial charge is 0.380 e. The Hall–Kier alpha value is -2.38. The molecule has 1 saturated heterocycles. The molecule has 1 aliphatic rings. The minimum Gasteiger partial charge on any atom is -0.380 e. The number of nitrogens with zero attached hydrogens (tertiary/aromatic N) is 2. The van der Waals surface area contributed by atoms with E-state index in [2.05, 4.69) is 37.5 Å². The molecule has 140 valence electrons. The fourth-order valence-electron chi connectivity index (χ4n) is 3.54. The summed E-state index contributed by atoms with van der Waals surface area (Å²) in [4.78, 5) is 14.6. The first-order chi connectivity index (χ1) is 13.1. The van der Waals surface area contributed by atoms with Crippen molar-refractivity contribution < 1.29 is 4.79 Å². The molecule has 4 N–H and O–H groups in total. The summed E-state index contributed by atoms with van der Waals surface area (Å²) in [5, 5.41) is 11.6.